The maximum Gasteiger partial charge on any atom is 0.352 e. The number of oxime groups is 1. The van der Waals surface area contributed by atoms with Gasteiger partial charge in [-0.05, 0) is 11.6 Å². The van der Waals surface area contributed by atoms with Gasteiger partial charge in [-0.3, -0.25) is 14.5 Å². The molecule has 2 atom stereocenters. The number of hydrogen-bond donors (Lipinski definition) is 4. The van der Waals surface area contributed by atoms with Crippen LogP contribution in [0, 0.1) is 0 Å². The van der Waals surface area contributed by atoms with Gasteiger partial charge in [0.25, 0.3) is 11.8 Å². The number of aromatic nitrogens is 2. The van der Waals surface area contributed by atoms with E-state index in [1.165, 1.54) is 35.4 Å². The van der Waals surface area contributed by atoms with Crippen molar-refractivity contribution >= 4 is 69.4 Å². The van der Waals surface area contributed by atoms with E-state index in [-0.39, 0.29) is 27.4 Å². The lowest BCUT2D eigenvalue weighted by Crippen LogP contribution is -2.71. The third-order valence-electron chi connectivity index (χ3n) is 4.52. The molecule has 5 N–H and O–H groups in total. The van der Waals surface area contributed by atoms with Gasteiger partial charge in [0.15, 0.2) is 21.8 Å². The van der Waals surface area contributed by atoms with Gasteiger partial charge >= 0.3 is 5.97 Å². The smallest absolute Gasteiger partial charge is 0.352 e. The number of hydrogen-bond acceptors (Lipinski definition) is 11. The van der Waals surface area contributed by atoms with E-state index in [9.17, 15) is 24.7 Å². The minimum absolute atomic E-state index is 0.0542. The van der Waals surface area contributed by atoms with E-state index in [1.54, 1.807) is 0 Å². The summed E-state index contributed by atoms with van der Waals surface area (Å²) in [7, 11) is 0. The zero-order chi connectivity index (χ0) is 23.0. The quantitative estimate of drug-likeness (QED) is 0.194. The summed E-state index contributed by atoms with van der Waals surface area (Å²) in [6, 6.07) is 0.447. The number of halogens is 1. The Morgan fingerprint density at radius 2 is 2.22 bits per heavy atom. The van der Waals surface area contributed by atoms with Crippen LogP contribution < -0.4 is 11.1 Å². The minimum atomic E-state index is -1.29. The molecule has 0 aromatic carbocycles. The topological polar surface area (TPSA) is 184 Å². The van der Waals surface area contributed by atoms with E-state index in [0.717, 1.165) is 16.2 Å². The number of thioether (sulfide) groups is 1. The van der Waals surface area contributed by atoms with E-state index in [0.29, 0.717) is 11.3 Å². The van der Waals surface area contributed by atoms with Crippen LogP contribution in [-0.2, 0) is 14.4 Å². The highest BCUT2D eigenvalue weighted by Gasteiger charge is 2.54. The molecule has 32 heavy (non-hydrogen) atoms. The standard InChI is InChI=1S/C17H13ClN6O6S2/c18-9-3-7(30-23-9)2-1-6-4-31-15-11(14(26)24(15)12(6)16(27)28)21-13(25)10(22-29)8-5-32-17(19)20-8/h1-3,5,11,15,29H,4H2,(H2,19,20)(H,21,25)(H,27,28)/b2-1+,22-10-. The Kier molecular flexibility index (Phi) is 5.90. The number of carbonyl (C=O) groups excluding carboxylic acids is 2. The number of β-lactam (4-membered cyclic amide) rings is 1. The first-order valence-electron chi connectivity index (χ1n) is 8.76. The van der Waals surface area contributed by atoms with Gasteiger partial charge in [-0.1, -0.05) is 28.0 Å². The van der Waals surface area contributed by atoms with Gasteiger partial charge in [0.05, 0.1) is 0 Å². The molecule has 4 heterocycles. The first kappa shape index (κ1) is 21.9. The van der Waals surface area contributed by atoms with Crippen LogP contribution in [0.15, 0.2) is 38.5 Å². The van der Waals surface area contributed by atoms with Gasteiger partial charge in [-0.2, -0.15) is 0 Å². The minimum Gasteiger partial charge on any atom is -0.477 e. The first-order valence-corrected chi connectivity index (χ1v) is 11.1. The highest BCUT2D eigenvalue weighted by Crippen LogP contribution is 2.40. The van der Waals surface area contributed by atoms with Crippen LogP contribution in [0.25, 0.3) is 6.08 Å². The molecule has 0 bridgehead atoms. The second kappa shape index (κ2) is 8.64. The maximum atomic E-state index is 12.7. The van der Waals surface area contributed by atoms with Crippen molar-refractivity contribution in [2.45, 2.75) is 11.4 Å². The highest BCUT2D eigenvalue weighted by molar-refractivity contribution is 8.00. The Balaban J connectivity index is 1.52. The number of allylic oxidation sites excluding steroid dienone is 1. The van der Waals surface area contributed by atoms with Gasteiger partial charge in [-0.25, -0.2) is 9.78 Å². The van der Waals surface area contributed by atoms with Crippen molar-refractivity contribution in [1.29, 1.82) is 0 Å². The number of carbonyl (C=O) groups is 3. The lowest BCUT2D eigenvalue weighted by molar-refractivity contribution is -0.150. The summed E-state index contributed by atoms with van der Waals surface area (Å²) in [4.78, 5) is 42.1. The second-order valence-electron chi connectivity index (χ2n) is 6.44. The van der Waals surface area contributed by atoms with Gasteiger partial charge in [0.2, 0.25) is 0 Å². The molecule has 1 fully saturated rings. The van der Waals surface area contributed by atoms with Crippen molar-refractivity contribution in [1.82, 2.24) is 20.4 Å². The van der Waals surface area contributed by atoms with Gasteiger partial charge in [0, 0.05) is 17.2 Å². The number of nitrogens with one attached hydrogen (secondary N) is 1. The molecule has 0 aliphatic carbocycles. The Hall–Kier alpha value is -3.36. The van der Waals surface area contributed by atoms with Crippen LogP contribution in [0.5, 0.6) is 0 Å². The number of aliphatic carboxylic acids is 1. The number of carboxylic acids is 1. The number of amides is 2. The van der Waals surface area contributed by atoms with Gasteiger partial charge in [0.1, 0.15) is 22.8 Å². The number of nitrogens with zero attached hydrogens (tertiary/aromatic N) is 4. The summed E-state index contributed by atoms with van der Waals surface area (Å²) in [5.74, 6) is -2.18. The number of nitrogen functional groups attached to an aromatic ring is 1. The molecule has 15 heteroatoms. The Bertz CT molecular complexity index is 1200. The third kappa shape index (κ3) is 3.94. The van der Waals surface area contributed by atoms with Crippen molar-refractivity contribution in [3.63, 3.8) is 0 Å². The predicted octanol–water partition coefficient (Wildman–Crippen LogP) is 0.997. The summed E-state index contributed by atoms with van der Waals surface area (Å²) in [6.45, 7) is 0. The molecule has 1 saturated heterocycles. The molecule has 4 rings (SSSR count). The summed E-state index contributed by atoms with van der Waals surface area (Å²) >= 11 is 8.01. The number of thiazole rings is 1. The fraction of sp³-hybridized carbons (Fsp3) is 0.176. The molecule has 0 spiro atoms. The third-order valence-corrected chi connectivity index (χ3v) is 6.67. The number of fused-ring (bicyclic) bond motifs is 1. The van der Waals surface area contributed by atoms with E-state index in [4.69, 9.17) is 21.9 Å². The van der Waals surface area contributed by atoms with Crippen molar-refractivity contribution in [2.75, 3.05) is 11.5 Å². The van der Waals surface area contributed by atoms with Gasteiger partial charge < -0.3 is 25.9 Å². The zero-order valence-electron chi connectivity index (χ0n) is 15.8. The molecule has 2 aliphatic rings. The van der Waals surface area contributed by atoms with Crippen LogP contribution in [0.4, 0.5) is 5.13 Å². The number of nitrogens with two attached hydrogens (primary N) is 1. The highest BCUT2D eigenvalue weighted by atomic mass is 35.5. The summed E-state index contributed by atoms with van der Waals surface area (Å²) < 4.78 is 4.95. The molecular formula is C17H13ClN6O6S2. The normalized spacial score (nSPS) is 21.0. The molecular weight excluding hydrogens is 484 g/mol. The Morgan fingerprint density at radius 1 is 1.44 bits per heavy atom. The predicted molar refractivity (Wildman–Crippen MR) is 115 cm³/mol. The van der Waals surface area contributed by atoms with E-state index >= 15 is 0 Å². The van der Waals surface area contributed by atoms with Crippen LogP contribution in [0.1, 0.15) is 11.5 Å². The molecule has 2 amide bonds. The zero-order valence-corrected chi connectivity index (χ0v) is 18.1. The fourth-order valence-electron chi connectivity index (χ4n) is 3.12. The Morgan fingerprint density at radius 3 is 2.81 bits per heavy atom. The molecule has 166 valence electrons. The lowest BCUT2D eigenvalue weighted by Gasteiger charge is -2.49. The van der Waals surface area contributed by atoms with Crippen LogP contribution in [0.3, 0.4) is 0 Å². The largest absolute Gasteiger partial charge is 0.477 e. The molecule has 2 aromatic rings. The van der Waals surface area contributed by atoms with Crippen LogP contribution in [0.2, 0.25) is 5.15 Å². The molecule has 12 nitrogen and oxygen atoms in total. The van der Waals surface area contributed by atoms with Crippen LogP contribution >= 0.6 is 34.7 Å². The fourth-order valence-corrected chi connectivity index (χ4v) is 5.13. The molecule has 0 saturated carbocycles. The second-order valence-corrected chi connectivity index (χ2v) is 8.83. The lowest BCUT2D eigenvalue weighted by atomic mass is 10.0. The number of rotatable bonds is 6. The number of anilines is 1. The van der Waals surface area contributed by atoms with Crippen molar-refractivity contribution in [2.24, 2.45) is 5.16 Å². The summed E-state index contributed by atoms with van der Waals surface area (Å²) in [5.41, 5.74) is 5.35. The maximum absolute atomic E-state index is 12.7. The average Bonchev–Trinajstić information content (AvgIpc) is 3.38. The SMILES string of the molecule is Nc1nc(/C(=N/O)C(=O)NC2C(=O)N3C(C(=O)O)=C(/C=C/c4cc(Cl)no4)CSC23)cs1. The Labute approximate surface area is 192 Å². The average molecular weight is 497 g/mol. The molecule has 2 aliphatic heterocycles. The van der Waals surface area contributed by atoms with E-state index in [1.807, 2.05) is 0 Å². The van der Waals surface area contributed by atoms with E-state index in [2.05, 4.69) is 20.6 Å². The van der Waals surface area contributed by atoms with E-state index < -0.39 is 34.9 Å². The van der Waals surface area contributed by atoms with Crippen molar-refractivity contribution in [3.8, 4) is 0 Å². The summed E-state index contributed by atoms with van der Waals surface area (Å²) in [6.07, 6.45) is 3.00. The van der Waals surface area contributed by atoms with Gasteiger partial charge in [-0.15, -0.1) is 23.1 Å². The van der Waals surface area contributed by atoms with Crippen molar-refractivity contribution in [3.05, 3.63) is 45.4 Å². The molecule has 0 radical (unpaired) electrons. The first-order chi connectivity index (χ1) is 15.3. The van der Waals surface area contributed by atoms with Crippen LogP contribution in [-0.4, -0.2) is 66.0 Å². The molecule has 2 aromatic heterocycles. The molecule has 2 unspecified atom stereocenters. The monoisotopic (exact) mass is 496 g/mol. The number of carboxylic acid groups (broad SMARTS) is 1. The van der Waals surface area contributed by atoms with Crippen molar-refractivity contribution < 1.29 is 29.2 Å². The summed E-state index contributed by atoms with van der Waals surface area (Å²) in [5, 5.41) is 28.9.